The van der Waals surface area contributed by atoms with Gasteiger partial charge in [0.25, 0.3) is 0 Å². The molecule has 46 valence electrons. The second-order valence-electron chi connectivity index (χ2n) is 1.67. The fourth-order valence-electron chi connectivity index (χ4n) is 0.564. The molecule has 0 aliphatic rings. The van der Waals surface area contributed by atoms with Crippen molar-refractivity contribution in [2.45, 2.75) is 19.8 Å². The fourth-order valence-corrected chi connectivity index (χ4v) is 0.564. The van der Waals surface area contributed by atoms with Gasteiger partial charge in [0.15, 0.2) is 0 Å². The van der Waals surface area contributed by atoms with E-state index in [2.05, 4.69) is 19.2 Å². The monoisotopic (exact) mass is 111 g/mol. The van der Waals surface area contributed by atoms with Gasteiger partial charge in [-0.15, -0.1) is 5.73 Å². The van der Waals surface area contributed by atoms with Crippen molar-refractivity contribution in [3.8, 4) is 0 Å². The second kappa shape index (κ2) is 4.63. The van der Waals surface area contributed by atoms with Gasteiger partial charge in [-0.05, 0) is 25.0 Å². The predicted molar refractivity (Wildman–Crippen MR) is 36.6 cm³/mol. The Labute approximate surface area is 50.9 Å². The first kappa shape index (κ1) is 7.48. The first-order valence-electron chi connectivity index (χ1n) is 2.93. The normalized spacial score (nSPS) is 8.25. The summed E-state index contributed by atoms with van der Waals surface area (Å²) in [4.78, 5) is 0. The molecule has 1 heteroatoms. The van der Waals surface area contributed by atoms with Crippen LogP contribution in [0.2, 0.25) is 0 Å². The van der Waals surface area contributed by atoms with E-state index < -0.39 is 0 Å². The van der Waals surface area contributed by atoms with E-state index in [4.69, 9.17) is 5.73 Å². The first-order chi connectivity index (χ1) is 3.85. The van der Waals surface area contributed by atoms with Crippen LogP contribution in [0.15, 0.2) is 17.9 Å². The highest BCUT2D eigenvalue weighted by Gasteiger charge is 1.86. The molecule has 0 atom stereocenters. The van der Waals surface area contributed by atoms with Gasteiger partial charge in [0.1, 0.15) is 0 Å². The Morgan fingerprint density at radius 2 is 2.38 bits per heavy atom. The van der Waals surface area contributed by atoms with E-state index in [9.17, 15) is 0 Å². The topological polar surface area (TPSA) is 26.0 Å². The molecule has 0 aliphatic carbocycles. The van der Waals surface area contributed by atoms with Gasteiger partial charge in [0, 0.05) is 0 Å². The summed E-state index contributed by atoms with van der Waals surface area (Å²) >= 11 is 0. The van der Waals surface area contributed by atoms with Crippen molar-refractivity contribution in [2.75, 3.05) is 6.54 Å². The summed E-state index contributed by atoms with van der Waals surface area (Å²) in [5.74, 6) is 0. The van der Waals surface area contributed by atoms with Gasteiger partial charge in [-0.2, -0.15) is 0 Å². The van der Waals surface area contributed by atoms with E-state index in [1.807, 2.05) is 0 Å². The van der Waals surface area contributed by atoms with Gasteiger partial charge >= 0.3 is 0 Å². The SMILES string of the molecule is C=C=C(CC)CCN. The van der Waals surface area contributed by atoms with Crippen LogP contribution < -0.4 is 5.73 Å². The average molecular weight is 111 g/mol. The van der Waals surface area contributed by atoms with Crippen LogP contribution in [0.25, 0.3) is 0 Å². The van der Waals surface area contributed by atoms with E-state index in [0.717, 1.165) is 12.8 Å². The minimum absolute atomic E-state index is 0.714. The number of nitrogens with two attached hydrogens (primary N) is 1. The summed E-state index contributed by atoms with van der Waals surface area (Å²) < 4.78 is 0. The van der Waals surface area contributed by atoms with Crippen LogP contribution in [-0.2, 0) is 0 Å². The van der Waals surface area contributed by atoms with Crippen LogP contribution in [-0.4, -0.2) is 6.54 Å². The molecule has 0 saturated heterocycles. The minimum atomic E-state index is 0.714. The zero-order valence-corrected chi connectivity index (χ0v) is 5.41. The van der Waals surface area contributed by atoms with Gasteiger partial charge in [0.05, 0.1) is 0 Å². The number of rotatable bonds is 3. The maximum absolute atomic E-state index is 5.29. The van der Waals surface area contributed by atoms with Gasteiger partial charge < -0.3 is 5.73 Å². The molecule has 0 fully saturated rings. The van der Waals surface area contributed by atoms with E-state index in [1.165, 1.54) is 5.57 Å². The molecule has 2 N–H and O–H groups in total. The Morgan fingerprint density at radius 3 is 2.50 bits per heavy atom. The summed E-state index contributed by atoms with van der Waals surface area (Å²) in [5.41, 5.74) is 9.36. The molecule has 1 nitrogen and oxygen atoms in total. The van der Waals surface area contributed by atoms with E-state index in [1.54, 1.807) is 0 Å². The number of hydrogen-bond donors (Lipinski definition) is 1. The average Bonchev–Trinajstić information content (AvgIpc) is 1.83. The first-order valence-corrected chi connectivity index (χ1v) is 2.93. The van der Waals surface area contributed by atoms with Crippen LogP contribution in [0.4, 0.5) is 0 Å². The van der Waals surface area contributed by atoms with Crippen LogP contribution in [0, 0.1) is 0 Å². The molecule has 0 aromatic carbocycles. The Kier molecular flexibility index (Phi) is 4.33. The Hall–Kier alpha value is -0.520. The lowest BCUT2D eigenvalue weighted by molar-refractivity contribution is 0.897. The summed E-state index contributed by atoms with van der Waals surface area (Å²) in [6, 6.07) is 0. The molecule has 0 amide bonds. The lowest BCUT2D eigenvalue weighted by Gasteiger charge is -1.94. The van der Waals surface area contributed by atoms with Crippen molar-refractivity contribution in [3.63, 3.8) is 0 Å². The highest BCUT2D eigenvalue weighted by atomic mass is 14.5. The Bertz CT molecular complexity index is 99.0. The van der Waals surface area contributed by atoms with Crippen LogP contribution >= 0.6 is 0 Å². The number of hydrogen-bond acceptors (Lipinski definition) is 1. The Morgan fingerprint density at radius 1 is 1.75 bits per heavy atom. The molecular formula is C7H13N. The van der Waals surface area contributed by atoms with E-state index >= 15 is 0 Å². The summed E-state index contributed by atoms with van der Waals surface area (Å²) in [6.07, 6.45) is 1.97. The molecule has 0 aromatic rings. The van der Waals surface area contributed by atoms with Crippen molar-refractivity contribution < 1.29 is 0 Å². The maximum Gasteiger partial charge on any atom is -0.00338 e. The molecule has 8 heavy (non-hydrogen) atoms. The lowest BCUT2D eigenvalue weighted by Crippen LogP contribution is -1.98. The lowest BCUT2D eigenvalue weighted by atomic mass is 10.1. The highest BCUT2D eigenvalue weighted by Crippen LogP contribution is 2.00. The second-order valence-corrected chi connectivity index (χ2v) is 1.67. The predicted octanol–water partition coefficient (Wildman–Crippen LogP) is 1.46. The summed E-state index contributed by atoms with van der Waals surface area (Å²) in [6.45, 7) is 6.33. The summed E-state index contributed by atoms with van der Waals surface area (Å²) in [5, 5.41) is 0. The van der Waals surface area contributed by atoms with E-state index in [-0.39, 0.29) is 0 Å². The standard InChI is InChI=1S/C7H13N/c1-3-7(4-2)5-6-8/h1,4-6,8H2,2H3. The van der Waals surface area contributed by atoms with Crippen molar-refractivity contribution in [1.82, 2.24) is 0 Å². The molecule has 0 radical (unpaired) electrons. The third-order valence-electron chi connectivity index (χ3n) is 1.12. The van der Waals surface area contributed by atoms with Crippen LogP contribution in [0.1, 0.15) is 19.8 Å². The zero-order chi connectivity index (χ0) is 6.41. The van der Waals surface area contributed by atoms with E-state index in [0.29, 0.717) is 6.54 Å². The largest absolute Gasteiger partial charge is 0.330 e. The molecule has 0 aromatic heterocycles. The molecule has 0 bridgehead atoms. The quantitative estimate of drug-likeness (QED) is 0.548. The molecule has 0 heterocycles. The van der Waals surface area contributed by atoms with Gasteiger partial charge in [-0.25, -0.2) is 0 Å². The molecule has 0 unspecified atom stereocenters. The molecule has 0 saturated carbocycles. The maximum atomic E-state index is 5.29. The van der Waals surface area contributed by atoms with Crippen molar-refractivity contribution in [3.05, 3.63) is 17.9 Å². The minimum Gasteiger partial charge on any atom is -0.330 e. The fraction of sp³-hybridized carbons (Fsp3) is 0.571. The third-order valence-corrected chi connectivity index (χ3v) is 1.12. The van der Waals surface area contributed by atoms with Crippen LogP contribution in [0.5, 0.6) is 0 Å². The van der Waals surface area contributed by atoms with Crippen molar-refractivity contribution in [1.29, 1.82) is 0 Å². The Balaban J connectivity index is 3.55. The highest BCUT2D eigenvalue weighted by molar-refractivity contribution is 4.97. The van der Waals surface area contributed by atoms with Crippen LogP contribution in [0.3, 0.4) is 0 Å². The third kappa shape index (κ3) is 2.62. The van der Waals surface area contributed by atoms with Gasteiger partial charge in [-0.1, -0.05) is 13.5 Å². The summed E-state index contributed by atoms with van der Waals surface area (Å²) in [7, 11) is 0. The smallest absolute Gasteiger partial charge is 0.00338 e. The van der Waals surface area contributed by atoms with Crippen molar-refractivity contribution >= 4 is 0 Å². The van der Waals surface area contributed by atoms with Gasteiger partial charge in [-0.3, -0.25) is 0 Å². The van der Waals surface area contributed by atoms with Crippen molar-refractivity contribution in [2.24, 2.45) is 5.73 Å². The molecular weight excluding hydrogens is 98.1 g/mol. The molecule has 0 aliphatic heterocycles. The zero-order valence-electron chi connectivity index (χ0n) is 5.41. The molecule has 0 spiro atoms. The van der Waals surface area contributed by atoms with Gasteiger partial charge in [0.2, 0.25) is 0 Å². The molecule has 0 rings (SSSR count).